The minimum atomic E-state index is -0.224. The van der Waals surface area contributed by atoms with Gasteiger partial charge in [0.05, 0.1) is 31.0 Å². The fourth-order valence-electron chi connectivity index (χ4n) is 2.82. The lowest BCUT2D eigenvalue weighted by Crippen LogP contribution is -2.20. The largest absolute Gasteiger partial charge is 0.493 e. The third-order valence-corrected chi connectivity index (χ3v) is 4.42. The minimum absolute atomic E-state index is 0.224. The van der Waals surface area contributed by atoms with E-state index in [0.717, 1.165) is 22.5 Å². The molecule has 0 aliphatic heterocycles. The van der Waals surface area contributed by atoms with E-state index in [2.05, 4.69) is 10.3 Å². The monoisotopic (exact) mass is 399 g/mol. The summed E-state index contributed by atoms with van der Waals surface area (Å²) < 4.78 is 12.8. The molecular formula is C21H22ClN3O3. The topological polar surface area (TPSA) is 64.9 Å². The second-order valence-electron chi connectivity index (χ2n) is 6.17. The molecule has 146 valence electrons. The van der Waals surface area contributed by atoms with Crippen molar-refractivity contribution in [2.45, 2.75) is 20.4 Å². The molecule has 1 aromatic carbocycles. The molecule has 0 saturated heterocycles. The fraction of sp³-hybridized carbons (Fsp3) is 0.238. The molecule has 0 aliphatic rings. The number of aromatic nitrogens is 2. The number of carbonyl (C=O) groups excluding carboxylic acids is 1. The van der Waals surface area contributed by atoms with Crippen molar-refractivity contribution in [2.24, 2.45) is 0 Å². The molecule has 6 nitrogen and oxygen atoms in total. The Morgan fingerprint density at radius 2 is 2.21 bits per heavy atom. The van der Waals surface area contributed by atoms with Gasteiger partial charge in [-0.15, -0.1) is 0 Å². The Morgan fingerprint density at radius 3 is 2.93 bits per heavy atom. The first-order valence-electron chi connectivity index (χ1n) is 8.91. The average Bonchev–Trinajstić information content (AvgIpc) is 3.11. The number of amides is 1. The van der Waals surface area contributed by atoms with Crippen molar-refractivity contribution in [1.82, 2.24) is 14.7 Å². The lowest BCUT2D eigenvalue weighted by Gasteiger charge is -2.11. The number of benzene rings is 1. The van der Waals surface area contributed by atoms with Crippen LogP contribution in [0, 0.1) is 6.92 Å². The highest BCUT2D eigenvalue weighted by Crippen LogP contribution is 2.36. The van der Waals surface area contributed by atoms with Crippen LogP contribution < -0.4 is 14.8 Å². The highest BCUT2D eigenvalue weighted by Gasteiger charge is 2.11. The second kappa shape index (κ2) is 8.80. The van der Waals surface area contributed by atoms with Crippen molar-refractivity contribution < 1.29 is 14.3 Å². The molecule has 0 radical (unpaired) electrons. The molecule has 0 spiro atoms. The zero-order valence-electron chi connectivity index (χ0n) is 16.0. The van der Waals surface area contributed by atoms with Gasteiger partial charge in [0.2, 0.25) is 5.91 Å². The van der Waals surface area contributed by atoms with Crippen LogP contribution in [0.25, 0.3) is 11.7 Å². The van der Waals surface area contributed by atoms with E-state index in [0.29, 0.717) is 29.7 Å². The third kappa shape index (κ3) is 4.46. The van der Waals surface area contributed by atoms with Crippen molar-refractivity contribution in [1.29, 1.82) is 0 Å². The Bertz CT molecular complexity index is 1030. The van der Waals surface area contributed by atoms with E-state index in [4.69, 9.17) is 21.1 Å². The van der Waals surface area contributed by atoms with E-state index in [1.54, 1.807) is 25.3 Å². The molecule has 1 N–H and O–H groups in total. The van der Waals surface area contributed by atoms with Crippen LogP contribution in [0.2, 0.25) is 5.02 Å². The van der Waals surface area contributed by atoms with E-state index in [-0.39, 0.29) is 5.91 Å². The van der Waals surface area contributed by atoms with E-state index in [9.17, 15) is 4.79 Å². The van der Waals surface area contributed by atoms with Crippen LogP contribution in [0.15, 0.2) is 42.7 Å². The summed E-state index contributed by atoms with van der Waals surface area (Å²) in [7, 11) is 1.55. The summed E-state index contributed by atoms with van der Waals surface area (Å²) in [6.45, 7) is 4.70. The second-order valence-corrected chi connectivity index (χ2v) is 6.58. The Balaban J connectivity index is 1.66. The van der Waals surface area contributed by atoms with Gasteiger partial charge in [0.25, 0.3) is 0 Å². The summed E-state index contributed by atoms with van der Waals surface area (Å²) >= 11 is 6.25. The molecule has 7 heteroatoms. The molecule has 3 rings (SSSR count). The zero-order chi connectivity index (χ0) is 20.1. The quantitative estimate of drug-likeness (QED) is 0.609. The number of carbonyl (C=O) groups is 1. The number of hydrogen-bond donors (Lipinski definition) is 1. The van der Waals surface area contributed by atoms with Crippen molar-refractivity contribution in [3.05, 3.63) is 64.6 Å². The fourth-order valence-corrected chi connectivity index (χ4v) is 3.09. The molecule has 0 unspecified atom stereocenters. The van der Waals surface area contributed by atoms with Crippen LogP contribution in [-0.4, -0.2) is 29.0 Å². The maximum absolute atomic E-state index is 12.2. The van der Waals surface area contributed by atoms with Crippen LogP contribution in [-0.2, 0) is 11.3 Å². The Kier molecular flexibility index (Phi) is 6.21. The van der Waals surface area contributed by atoms with Crippen LogP contribution in [0.4, 0.5) is 0 Å². The molecule has 28 heavy (non-hydrogen) atoms. The average molecular weight is 400 g/mol. The van der Waals surface area contributed by atoms with Crippen LogP contribution in [0.1, 0.15) is 23.7 Å². The standard InChI is InChI=1S/C21H22ClN3O3/c1-4-28-20-17(22)10-15(11-18(20)27-3)7-8-19(26)23-12-16-13-25-9-5-6-14(2)21(25)24-16/h5-11,13H,4,12H2,1-3H3,(H,23,26)/b8-7+. The summed E-state index contributed by atoms with van der Waals surface area (Å²) in [6.07, 6.45) is 6.97. The molecule has 2 heterocycles. The zero-order valence-corrected chi connectivity index (χ0v) is 16.8. The molecule has 2 aromatic heterocycles. The van der Waals surface area contributed by atoms with E-state index in [1.807, 2.05) is 42.8 Å². The lowest BCUT2D eigenvalue weighted by atomic mass is 10.2. The smallest absolute Gasteiger partial charge is 0.244 e. The highest BCUT2D eigenvalue weighted by atomic mass is 35.5. The number of pyridine rings is 1. The molecule has 1 amide bonds. The van der Waals surface area contributed by atoms with Gasteiger partial charge in [0, 0.05) is 18.5 Å². The third-order valence-electron chi connectivity index (χ3n) is 4.14. The minimum Gasteiger partial charge on any atom is -0.493 e. The summed E-state index contributed by atoms with van der Waals surface area (Å²) in [6, 6.07) is 7.46. The van der Waals surface area contributed by atoms with Gasteiger partial charge in [0.1, 0.15) is 5.65 Å². The van der Waals surface area contributed by atoms with Crippen molar-refractivity contribution in [3.8, 4) is 11.5 Å². The first-order chi connectivity index (χ1) is 13.5. The van der Waals surface area contributed by atoms with Gasteiger partial charge < -0.3 is 19.2 Å². The predicted molar refractivity (Wildman–Crippen MR) is 110 cm³/mol. The number of aryl methyl sites for hydroxylation is 1. The summed E-state index contributed by atoms with van der Waals surface area (Å²) in [5, 5.41) is 3.27. The van der Waals surface area contributed by atoms with Gasteiger partial charge in [-0.05, 0) is 49.2 Å². The van der Waals surface area contributed by atoms with Crippen LogP contribution in [0.5, 0.6) is 11.5 Å². The molecular weight excluding hydrogens is 378 g/mol. The van der Waals surface area contributed by atoms with Gasteiger partial charge in [-0.1, -0.05) is 17.7 Å². The number of rotatable bonds is 7. The Hall–Kier alpha value is -2.99. The molecule has 0 atom stereocenters. The summed E-state index contributed by atoms with van der Waals surface area (Å²) in [5.41, 5.74) is 3.50. The Labute approximate surface area is 168 Å². The van der Waals surface area contributed by atoms with Crippen molar-refractivity contribution in [2.75, 3.05) is 13.7 Å². The highest BCUT2D eigenvalue weighted by molar-refractivity contribution is 6.32. The molecule has 3 aromatic rings. The summed E-state index contributed by atoms with van der Waals surface area (Å²) in [4.78, 5) is 16.7. The normalized spacial score (nSPS) is 11.1. The molecule has 0 saturated carbocycles. The Morgan fingerprint density at radius 1 is 1.39 bits per heavy atom. The summed E-state index contributed by atoms with van der Waals surface area (Å²) in [5.74, 6) is 0.794. The van der Waals surface area contributed by atoms with Crippen molar-refractivity contribution in [3.63, 3.8) is 0 Å². The van der Waals surface area contributed by atoms with E-state index < -0.39 is 0 Å². The van der Waals surface area contributed by atoms with Gasteiger partial charge >= 0.3 is 0 Å². The van der Waals surface area contributed by atoms with E-state index in [1.165, 1.54) is 6.08 Å². The number of nitrogens with zero attached hydrogens (tertiary/aromatic N) is 2. The molecule has 0 bridgehead atoms. The number of imidazole rings is 1. The van der Waals surface area contributed by atoms with Gasteiger partial charge in [0.15, 0.2) is 11.5 Å². The number of hydrogen-bond acceptors (Lipinski definition) is 4. The number of ether oxygens (including phenoxy) is 2. The lowest BCUT2D eigenvalue weighted by molar-refractivity contribution is -0.116. The number of fused-ring (bicyclic) bond motifs is 1. The maximum Gasteiger partial charge on any atom is 0.244 e. The predicted octanol–water partition coefficient (Wildman–Crippen LogP) is 4.03. The van der Waals surface area contributed by atoms with Gasteiger partial charge in [-0.2, -0.15) is 0 Å². The first-order valence-corrected chi connectivity index (χ1v) is 9.29. The molecule has 0 aliphatic carbocycles. The van der Waals surface area contributed by atoms with E-state index >= 15 is 0 Å². The number of methoxy groups -OCH3 is 1. The van der Waals surface area contributed by atoms with Crippen molar-refractivity contribution >= 4 is 29.2 Å². The number of halogens is 1. The van der Waals surface area contributed by atoms with Crippen LogP contribution >= 0.6 is 11.6 Å². The SMILES string of the molecule is CCOc1c(Cl)cc(/C=C/C(=O)NCc2cn3cccc(C)c3n2)cc1OC. The van der Waals surface area contributed by atoms with Gasteiger partial charge in [-0.25, -0.2) is 4.98 Å². The maximum atomic E-state index is 12.2. The molecule has 0 fully saturated rings. The van der Waals surface area contributed by atoms with Gasteiger partial charge in [-0.3, -0.25) is 4.79 Å². The number of nitrogens with one attached hydrogen (secondary N) is 1. The van der Waals surface area contributed by atoms with Crippen LogP contribution in [0.3, 0.4) is 0 Å². The first kappa shape index (κ1) is 19.8.